The van der Waals surface area contributed by atoms with Crippen molar-refractivity contribution in [1.29, 1.82) is 0 Å². The van der Waals surface area contributed by atoms with Crippen molar-refractivity contribution in [3.63, 3.8) is 0 Å². The Labute approximate surface area is 249 Å². The van der Waals surface area contributed by atoms with Gasteiger partial charge in [0.25, 0.3) is 5.91 Å². The lowest BCUT2D eigenvalue weighted by atomic mass is 9.75. The molecule has 43 heavy (non-hydrogen) atoms. The number of carbonyl (C=O) groups is 2. The number of nitrogens with one attached hydrogen (secondary N) is 2. The molecule has 2 aliphatic carbocycles. The number of fused-ring (bicyclic) bond motifs is 1. The number of imidazole rings is 1. The summed E-state index contributed by atoms with van der Waals surface area (Å²) in [5.41, 5.74) is 8.64. The first kappa shape index (κ1) is 27.5. The molecule has 0 bridgehead atoms. The van der Waals surface area contributed by atoms with Gasteiger partial charge in [0.15, 0.2) is 11.4 Å². The van der Waals surface area contributed by atoms with E-state index in [-0.39, 0.29) is 24.2 Å². The number of hydrogen-bond acceptors (Lipinski definition) is 6. The Hall–Kier alpha value is -4.34. The van der Waals surface area contributed by atoms with E-state index in [0.29, 0.717) is 41.1 Å². The van der Waals surface area contributed by atoms with Crippen LogP contribution in [-0.4, -0.2) is 41.5 Å². The quantitative estimate of drug-likeness (QED) is 0.345. The van der Waals surface area contributed by atoms with Gasteiger partial charge < -0.3 is 30.2 Å². The lowest BCUT2D eigenvalue weighted by Crippen LogP contribution is -2.47. The molecule has 9 nitrogen and oxygen atoms in total. The zero-order valence-corrected chi connectivity index (χ0v) is 24.6. The molecule has 0 saturated heterocycles. The first-order valence-electron chi connectivity index (χ1n) is 14.9. The van der Waals surface area contributed by atoms with E-state index in [0.717, 1.165) is 48.2 Å². The first-order valence-corrected chi connectivity index (χ1v) is 14.9. The zero-order chi connectivity index (χ0) is 30.1. The van der Waals surface area contributed by atoms with Gasteiger partial charge in [-0.25, -0.2) is 9.37 Å². The average molecular weight is 586 g/mol. The molecular weight excluding hydrogens is 549 g/mol. The van der Waals surface area contributed by atoms with Gasteiger partial charge in [-0.3, -0.25) is 9.59 Å². The highest BCUT2D eigenvalue weighted by molar-refractivity contribution is 5.95. The highest BCUT2D eigenvalue weighted by Crippen LogP contribution is 2.50. The zero-order valence-electron chi connectivity index (χ0n) is 24.6. The Morgan fingerprint density at radius 1 is 1.21 bits per heavy atom. The fraction of sp³-hybridized carbons (Fsp3) is 0.424. The third-order valence-corrected chi connectivity index (χ3v) is 9.54. The predicted octanol–water partition coefficient (Wildman–Crippen LogP) is 4.29. The summed E-state index contributed by atoms with van der Waals surface area (Å²) in [6, 6.07) is 8.01. The normalized spacial score (nSPS) is 25.4. The van der Waals surface area contributed by atoms with Crippen molar-refractivity contribution in [2.24, 2.45) is 23.0 Å². The molecule has 3 atom stereocenters. The SMILES string of the molecule is COc1cc(C(=O)NC[C@H](C2=CC3=C(OC[C@]3(C)C(N)=O)C(C)(c3ccc(F)cc3)N2)C2CC2)cn2cc(C3CC3)nc12. The fourth-order valence-corrected chi connectivity index (χ4v) is 6.46. The summed E-state index contributed by atoms with van der Waals surface area (Å²) in [4.78, 5) is 30.9. The minimum absolute atomic E-state index is 0.0455. The van der Waals surface area contributed by atoms with Crippen LogP contribution in [0, 0.1) is 23.1 Å². The maximum atomic E-state index is 13.9. The summed E-state index contributed by atoms with van der Waals surface area (Å²) in [6.45, 7) is 4.28. The second kappa shape index (κ2) is 9.86. The van der Waals surface area contributed by atoms with Crippen LogP contribution in [0.5, 0.6) is 5.75 Å². The van der Waals surface area contributed by atoms with Crippen molar-refractivity contribution in [1.82, 2.24) is 20.0 Å². The van der Waals surface area contributed by atoms with Crippen molar-refractivity contribution in [3.8, 4) is 5.75 Å². The lowest BCUT2D eigenvalue weighted by molar-refractivity contribution is -0.125. The van der Waals surface area contributed by atoms with Gasteiger partial charge in [-0.2, -0.15) is 0 Å². The van der Waals surface area contributed by atoms with Crippen LogP contribution >= 0.6 is 0 Å². The molecule has 10 heteroatoms. The van der Waals surface area contributed by atoms with Crippen LogP contribution in [0.15, 0.2) is 65.8 Å². The molecule has 2 aliphatic heterocycles. The maximum Gasteiger partial charge on any atom is 0.252 e. The molecule has 7 rings (SSSR count). The number of rotatable bonds is 9. The van der Waals surface area contributed by atoms with Gasteiger partial charge in [0.05, 0.1) is 18.4 Å². The maximum absolute atomic E-state index is 13.9. The molecule has 0 spiro atoms. The van der Waals surface area contributed by atoms with Crippen LogP contribution in [0.4, 0.5) is 4.39 Å². The molecule has 4 N–H and O–H groups in total. The second-order valence-corrected chi connectivity index (χ2v) is 12.7. The van der Waals surface area contributed by atoms with Crippen LogP contribution in [0.1, 0.15) is 67.1 Å². The van der Waals surface area contributed by atoms with E-state index in [1.165, 1.54) is 12.1 Å². The Kier molecular flexibility index (Phi) is 6.30. The number of halogens is 1. The molecule has 2 fully saturated rings. The third kappa shape index (κ3) is 4.63. The summed E-state index contributed by atoms with van der Waals surface area (Å²) < 4.78 is 27.5. The molecule has 1 unspecified atom stereocenters. The van der Waals surface area contributed by atoms with E-state index in [9.17, 15) is 14.0 Å². The standard InChI is InChI=1S/C33H36FN5O4/c1-32(31(35)41)17-43-28-24(32)13-25(38-33(28,2)21-8-10-22(34)11-9-21)23(18-4-5-18)14-36-30(40)20-12-27(42-3)29-37-26(19-6-7-19)16-39(29)15-20/h8-13,15-16,18-19,23,38H,4-7,14,17H2,1-3H3,(H2,35,41)(H,36,40)/t23-,32-,33?/m0/s1. The molecule has 2 saturated carbocycles. The topological polar surface area (TPSA) is 120 Å². The largest absolute Gasteiger partial charge is 0.493 e. The van der Waals surface area contributed by atoms with Gasteiger partial charge in [0, 0.05) is 42.0 Å². The number of amides is 2. The first-order chi connectivity index (χ1) is 20.6. The van der Waals surface area contributed by atoms with Crippen LogP contribution in [0.2, 0.25) is 0 Å². The monoisotopic (exact) mass is 585 g/mol. The molecule has 224 valence electrons. The van der Waals surface area contributed by atoms with Crippen LogP contribution in [0.3, 0.4) is 0 Å². The summed E-state index contributed by atoms with van der Waals surface area (Å²) in [5, 5.41) is 6.84. The van der Waals surface area contributed by atoms with Crippen molar-refractivity contribution in [3.05, 3.63) is 88.5 Å². The van der Waals surface area contributed by atoms with Gasteiger partial charge in [-0.05, 0) is 75.3 Å². The Balaban J connectivity index is 1.19. The van der Waals surface area contributed by atoms with Gasteiger partial charge in [-0.1, -0.05) is 12.1 Å². The van der Waals surface area contributed by atoms with Crippen molar-refractivity contribution in [2.75, 3.05) is 20.3 Å². The van der Waals surface area contributed by atoms with Crippen LogP contribution in [0.25, 0.3) is 5.65 Å². The molecular formula is C33H36FN5O4. The number of benzene rings is 1. The number of dihydropyridines is 1. The Morgan fingerprint density at radius 2 is 1.95 bits per heavy atom. The highest BCUT2D eigenvalue weighted by atomic mass is 19.1. The van der Waals surface area contributed by atoms with Gasteiger partial charge >= 0.3 is 0 Å². The summed E-state index contributed by atoms with van der Waals surface area (Å²) in [5.74, 6) is 0.928. The lowest BCUT2D eigenvalue weighted by Gasteiger charge is -2.40. The third-order valence-electron chi connectivity index (χ3n) is 9.54. The number of pyridine rings is 1. The number of aromatic nitrogens is 2. The number of primary amides is 1. The van der Waals surface area contributed by atoms with Gasteiger partial charge in [0.2, 0.25) is 5.91 Å². The number of allylic oxidation sites excluding steroid dienone is 1. The van der Waals surface area contributed by atoms with Gasteiger partial charge in [0.1, 0.15) is 29.1 Å². The van der Waals surface area contributed by atoms with Crippen LogP contribution < -0.4 is 21.1 Å². The Bertz CT molecular complexity index is 1700. The molecule has 0 radical (unpaired) electrons. The minimum atomic E-state index is -1.02. The van der Waals surface area contributed by atoms with Crippen molar-refractivity contribution in [2.45, 2.75) is 51.0 Å². The minimum Gasteiger partial charge on any atom is -0.493 e. The summed E-state index contributed by atoms with van der Waals surface area (Å²) in [7, 11) is 1.58. The molecule has 2 aromatic heterocycles. The highest BCUT2D eigenvalue weighted by Gasteiger charge is 2.52. The molecule has 4 aliphatic rings. The van der Waals surface area contributed by atoms with E-state index in [1.54, 1.807) is 38.4 Å². The number of nitrogens with zero attached hydrogens (tertiary/aromatic N) is 2. The fourth-order valence-electron chi connectivity index (χ4n) is 6.46. The number of methoxy groups -OCH3 is 1. The van der Waals surface area contributed by atoms with Gasteiger partial charge in [-0.15, -0.1) is 0 Å². The van der Waals surface area contributed by atoms with Crippen LogP contribution in [-0.2, 0) is 15.1 Å². The van der Waals surface area contributed by atoms with E-state index in [4.69, 9.17) is 20.2 Å². The summed E-state index contributed by atoms with van der Waals surface area (Å²) >= 11 is 0. The smallest absolute Gasteiger partial charge is 0.252 e. The Morgan fingerprint density at radius 3 is 2.60 bits per heavy atom. The van der Waals surface area contributed by atoms with E-state index >= 15 is 0 Å². The molecule has 1 aromatic carbocycles. The predicted molar refractivity (Wildman–Crippen MR) is 158 cm³/mol. The molecule has 4 heterocycles. The second-order valence-electron chi connectivity index (χ2n) is 12.7. The molecule has 2 amide bonds. The van der Waals surface area contributed by atoms with Crippen molar-refractivity contribution >= 4 is 17.5 Å². The molecule has 3 aromatic rings. The number of nitrogens with two attached hydrogens (primary N) is 1. The number of hydrogen-bond donors (Lipinski definition) is 3. The summed E-state index contributed by atoms with van der Waals surface area (Å²) in [6.07, 6.45) is 10.1. The average Bonchev–Trinajstić information content (AvgIpc) is 3.93. The number of ether oxygens (including phenoxy) is 2. The van der Waals surface area contributed by atoms with E-state index in [1.807, 2.05) is 23.6 Å². The van der Waals surface area contributed by atoms with E-state index in [2.05, 4.69) is 10.6 Å². The van der Waals surface area contributed by atoms with E-state index < -0.39 is 16.9 Å². The van der Waals surface area contributed by atoms with Crippen molar-refractivity contribution < 1.29 is 23.5 Å². The number of carbonyl (C=O) groups excluding carboxylic acids is 2.